The van der Waals surface area contributed by atoms with Crippen LogP contribution in [0.2, 0.25) is 5.02 Å². The van der Waals surface area contributed by atoms with Gasteiger partial charge in [0.1, 0.15) is 12.4 Å². The van der Waals surface area contributed by atoms with Crippen molar-refractivity contribution in [3.05, 3.63) is 94.6 Å². The zero-order chi connectivity index (χ0) is 20.9. The number of aromatic nitrogens is 2. The molecule has 0 saturated carbocycles. The first-order valence-electron chi connectivity index (χ1n) is 8.97. The summed E-state index contributed by atoms with van der Waals surface area (Å²) in [5, 5.41) is 9.40. The van der Waals surface area contributed by atoms with E-state index in [1.807, 2.05) is 6.07 Å². The predicted molar refractivity (Wildman–Crippen MR) is 111 cm³/mol. The van der Waals surface area contributed by atoms with Crippen LogP contribution < -0.4 is 4.74 Å². The van der Waals surface area contributed by atoms with Crippen molar-refractivity contribution in [3.8, 4) is 17.7 Å². The van der Waals surface area contributed by atoms with Gasteiger partial charge in [0, 0.05) is 5.02 Å². The largest absolute Gasteiger partial charge is 0.457 e. The molecule has 0 radical (unpaired) electrons. The number of benzene rings is 3. The average Bonchev–Trinajstić information content (AvgIpc) is 2.78. The van der Waals surface area contributed by atoms with Crippen molar-refractivity contribution in [3.63, 3.8) is 0 Å². The third-order valence-electron chi connectivity index (χ3n) is 4.25. The molecule has 0 aliphatic carbocycles. The van der Waals surface area contributed by atoms with Gasteiger partial charge in [0.25, 0.3) is 0 Å². The second kappa shape index (κ2) is 8.60. The van der Waals surface area contributed by atoms with E-state index < -0.39 is 5.97 Å². The zero-order valence-corrected chi connectivity index (χ0v) is 16.3. The van der Waals surface area contributed by atoms with Crippen LogP contribution in [-0.4, -0.2) is 15.9 Å². The average molecular weight is 416 g/mol. The first-order chi connectivity index (χ1) is 14.6. The number of esters is 1. The third-order valence-corrected chi connectivity index (χ3v) is 4.48. The van der Waals surface area contributed by atoms with Crippen molar-refractivity contribution in [2.24, 2.45) is 0 Å². The topological polar surface area (TPSA) is 85.1 Å². The highest BCUT2D eigenvalue weighted by Gasteiger charge is 2.09. The molecule has 3 aromatic carbocycles. The molecule has 0 saturated heterocycles. The molecule has 6 nitrogen and oxygen atoms in total. The van der Waals surface area contributed by atoms with Crippen LogP contribution in [0.1, 0.15) is 21.5 Å². The number of nitriles is 1. The Morgan fingerprint density at radius 3 is 2.50 bits per heavy atom. The molecule has 1 heterocycles. The van der Waals surface area contributed by atoms with Crippen LogP contribution in [-0.2, 0) is 11.3 Å². The first kappa shape index (κ1) is 19.4. The number of carbonyl (C=O) groups excluding carboxylic acids is 1. The smallest absolute Gasteiger partial charge is 0.338 e. The predicted octanol–water partition coefficient (Wildman–Crippen LogP) is 5.30. The molecule has 0 unspecified atom stereocenters. The van der Waals surface area contributed by atoms with Gasteiger partial charge in [-0.15, -0.1) is 0 Å². The number of carbonyl (C=O) groups is 1. The van der Waals surface area contributed by atoms with Crippen LogP contribution in [0.5, 0.6) is 11.6 Å². The Morgan fingerprint density at radius 1 is 1.00 bits per heavy atom. The van der Waals surface area contributed by atoms with E-state index >= 15 is 0 Å². The summed E-state index contributed by atoms with van der Waals surface area (Å²) in [7, 11) is 0. The van der Waals surface area contributed by atoms with Gasteiger partial charge in [0.2, 0.25) is 5.88 Å². The van der Waals surface area contributed by atoms with Crippen LogP contribution in [0, 0.1) is 11.3 Å². The number of hydrogen-bond donors (Lipinski definition) is 0. The maximum Gasteiger partial charge on any atom is 0.338 e. The number of fused-ring (bicyclic) bond motifs is 1. The SMILES string of the molecule is N#Cc1ccc(COC(=O)c2ccc(Oc3cnc4cc(Cl)ccc4n3)cc2)cc1. The summed E-state index contributed by atoms with van der Waals surface area (Å²) in [6.07, 6.45) is 1.51. The minimum Gasteiger partial charge on any atom is -0.457 e. The fourth-order valence-corrected chi connectivity index (χ4v) is 2.87. The van der Waals surface area contributed by atoms with Gasteiger partial charge in [0.15, 0.2) is 0 Å². The standard InChI is InChI=1S/C23H14ClN3O3/c24-18-7-10-20-21(11-18)26-13-22(27-20)30-19-8-5-17(6-9-19)23(28)29-14-16-3-1-15(12-25)2-4-16/h1-11,13H,14H2. The molecule has 4 rings (SSSR count). The molecule has 0 aliphatic rings. The highest BCUT2D eigenvalue weighted by Crippen LogP contribution is 2.23. The second-order valence-corrected chi connectivity index (χ2v) is 6.79. The van der Waals surface area contributed by atoms with Gasteiger partial charge in [-0.3, -0.25) is 0 Å². The highest BCUT2D eigenvalue weighted by molar-refractivity contribution is 6.31. The second-order valence-electron chi connectivity index (χ2n) is 6.35. The van der Waals surface area contributed by atoms with E-state index in [4.69, 9.17) is 26.3 Å². The molecule has 1 aromatic heterocycles. The van der Waals surface area contributed by atoms with Crippen LogP contribution in [0.4, 0.5) is 0 Å². The summed E-state index contributed by atoms with van der Waals surface area (Å²) in [6, 6.07) is 20.7. The van der Waals surface area contributed by atoms with Gasteiger partial charge in [-0.25, -0.2) is 14.8 Å². The lowest BCUT2D eigenvalue weighted by Crippen LogP contribution is -2.05. The van der Waals surface area contributed by atoms with E-state index in [1.165, 1.54) is 6.20 Å². The van der Waals surface area contributed by atoms with Gasteiger partial charge < -0.3 is 9.47 Å². The summed E-state index contributed by atoms with van der Waals surface area (Å²) < 4.78 is 11.0. The number of halogens is 1. The Balaban J connectivity index is 1.39. The summed E-state index contributed by atoms with van der Waals surface area (Å²) in [5.41, 5.74) is 3.10. The van der Waals surface area contributed by atoms with Crippen molar-refractivity contribution < 1.29 is 14.3 Å². The Bertz CT molecular complexity index is 1250. The van der Waals surface area contributed by atoms with E-state index in [-0.39, 0.29) is 6.61 Å². The maximum atomic E-state index is 12.2. The molecular weight excluding hydrogens is 402 g/mol. The molecule has 30 heavy (non-hydrogen) atoms. The molecule has 0 fully saturated rings. The quantitative estimate of drug-likeness (QED) is 0.411. The van der Waals surface area contributed by atoms with Crippen LogP contribution in [0.3, 0.4) is 0 Å². The summed E-state index contributed by atoms with van der Waals surface area (Å²) in [6.45, 7) is 0.124. The normalized spacial score (nSPS) is 10.4. The lowest BCUT2D eigenvalue weighted by atomic mass is 10.1. The number of ether oxygens (including phenoxy) is 2. The van der Waals surface area contributed by atoms with Crippen molar-refractivity contribution in [1.82, 2.24) is 9.97 Å². The third kappa shape index (κ3) is 4.54. The van der Waals surface area contributed by atoms with Gasteiger partial charge in [-0.2, -0.15) is 5.26 Å². The summed E-state index contributed by atoms with van der Waals surface area (Å²) in [4.78, 5) is 20.9. The van der Waals surface area contributed by atoms with Gasteiger partial charge in [0.05, 0.1) is 34.4 Å². The highest BCUT2D eigenvalue weighted by atomic mass is 35.5. The van der Waals surface area contributed by atoms with Crippen LogP contribution >= 0.6 is 11.6 Å². The Hall–Kier alpha value is -3.95. The number of nitrogens with zero attached hydrogens (tertiary/aromatic N) is 3. The molecular formula is C23H14ClN3O3. The van der Waals surface area contributed by atoms with Crippen LogP contribution in [0.15, 0.2) is 72.9 Å². The summed E-state index contributed by atoms with van der Waals surface area (Å²) >= 11 is 5.95. The molecule has 0 spiro atoms. The van der Waals surface area contributed by atoms with E-state index in [9.17, 15) is 4.79 Å². The van der Waals surface area contributed by atoms with E-state index in [0.717, 1.165) is 5.56 Å². The van der Waals surface area contributed by atoms with Crippen molar-refractivity contribution in [2.45, 2.75) is 6.61 Å². The number of hydrogen-bond acceptors (Lipinski definition) is 6. The van der Waals surface area contributed by atoms with Crippen molar-refractivity contribution >= 4 is 28.6 Å². The monoisotopic (exact) mass is 415 g/mol. The van der Waals surface area contributed by atoms with Crippen molar-refractivity contribution in [1.29, 1.82) is 5.26 Å². The molecule has 0 atom stereocenters. The van der Waals surface area contributed by atoms with Gasteiger partial charge in [-0.1, -0.05) is 23.7 Å². The summed E-state index contributed by atoms with van der Waals surface area (Å²) in [5.74, 6) is 0.399. The zero-order valence-electron chi connectivity index (χ0n) is 15.6. The Labute approximate surface area is 177 Å². The lowest BCUT2D eigenvalue weighted by Gasteiger charge is -2.07. The van der Waals surface area contributed by atoms with E-state index in [1.54, 1.807) is 66.7 Å². The molecule has 0 N–H and O–H groups in total. The lowest BCUT2D eigenvalue weighted by molar-refractivity contribution is 0.0472. The maximum absolute atomic E-state index is 12.2. The van der Waals surface area contributed by atoms with Crippen molar-refractivity contribution in [2.75, 3.05) is 0 Å². The molecule has 146 valence electrons. The van der Waals surface area contributed by atoms with E-state index in [2.05, 4.69) is 9.97 Å². The van der Waals surface area contributed by atoms with Gasteiger partial charge in [-0.05, 0) is 60.2 Å². The minimum absolute atomic E-state index is 0.124. The molecule has 0 aliphatic heterocycles. The minimum atomic E-state index is -0.451. The molecule has 0 amide bonds. The fraction of sp³-hybridized carbons (Fsp3) is 0.0435. The molecule has 4 aromatic rings. The number of rotatable bonds is 5. The molecule has 0 bridgehead atoms. The van der Waals surface area contributed by atoms with Gasteiger partial charge >= 0.3 is 5.97 Å². The fourth-order valence-electron chi connectivity index (χ4n) is 2.70. The molecule has 7 heteroatoms. The first-order valence-corrected chi connectivity index (χ1v) is 9.35. The Kier molecular flexibility index (Phi) is 5.55. The van der Waals surface area contributed by atoms with E-state index in [0.29, 0.717) is 38.8 Å². The Morgan fingerprint density at radius 2 is 1.77 bits per heavy atom. The van der Waals surface area contributed by atoms with Crippen LogP contribution in [0.25, 0.3) is 11.0 Å².